The summed E-state index contributed by atoms with van der Waals surface area (Å²) in [5, 5.41) is 18.0. The minimum absolute atomic E-state index is 0.00819. The summed E-state index contributed by atoms with van der Waals surface area (Å²) in [6.07, 6.45) is 0. The zero-order valence-electron chi connectivity index (χ0n) is 16.5. The molecule has 0 saturated heterocycles. The SMILES string of the molecule is CC(C)n1nc(C(=O)OCC(=O)Nc2cc([N+](=O)[O-])ccc2Cl)c2ccccc2c1=O. The molecule has 1 amide bonds. The van der Waals surface area contributed by atoms with Crippen molar-refractivity contribution in [3.63, 3.8) is 0 Å². The Morgan fingerprint density at radius 3 is 2.55 bits per heavy atom. The van der Waals surface area contributed by atoms with E-state index in [9.17, 15) is 24.5 Å². The van der Waals surface area contributed by atoms with Crippen LogP contribution in [0.25, 0.3) is 10.8 Å². The maximum atomic E-state index is 12.6. The zero-order chi connectivity index (χ0) is 22.7. The number of nitro benzene ring substituents is 1. The van der Waals surface area contributed by atoms with Gasteiger partial charge in [0.1, 0.15) is 0 Å². The quantitative estimate of drug-likeness (QED) is 0.350. The van der Waals surface area contributed by atoms with E-state index in [-0.39, 0.29) is 33.7 Å². The van der Waals surface area contributed by atoms with Gasteiger partial charge in [-0.15, -0.1) is 0 Å². The van der Waals surface area contributed by atoms with E-state index in [2.05, 4.69) is 10.4 Å². The van der Waals surface area contributed by atoms with Crippen LogP contribution in [0.2, 0.25) is 5.02 Å². The number of hydrogen-bond donors (Lipinski definition) is 1. The largest absolute Gasteiger partial charge is 0.451 e. The Labute approximate surface area is 180 Å². The van der Waals surface area contributed by atoms with E-state index in [1.165, 1.54) is 16.8 Å². The number of hydrogen-bond acceptors (Lipinski definition) is 7. The highest BCUT2D eigenvalue weighted by molar-refractivity contribution is 6.33. The topological polar surface area (TPSA) is 133 Å². The summed E-state index contributed by atoms with van der Waals surface area (Å²) < 4.78 is 6.23. The van der Waals surface area contributed by atoms with Crippen LogP contribution < -0.4 is 10.9 Å². The van der Waals surface area contributed by atoms with Crippen molar-refractivity contribution in [1.29, 1.82) is 0 Å². The number of anilines is 1. The lowest BCUT2D eigenvalue weighted by atomic mass is 10.1. The molecule has 0 aliphatic rings. The number of ether oxygens (including phenoxy) is 1. The molecule has 0 unspecified atom stereocenters. The molecule has 0 aliphatic heterocycles. The molecule has 0 saturated carbocycles. The number of aromatic nitrogens is 2. The average molecular weight is 445 g/mol. The molecular weight excluding hydrogens is 428 g/mol. The van der Waals surface area contributed by atoms with E-state index >= 15 is 0 Å². The standard InChI is InChI=1S/C20H17ClN4O6/c1-11(2)24-19(27)14-6-4-3-5-13(14)18(23-24)20(28)31-10-17(26)22-16-9-12(25(29)30)7-8-15(16)21/h3-9,11H,10H2,1-2H3,(H,22,26). The number of nitro groups is 1. The fourth-order valence-corrected chi connectivity index (χ4v) is 2.98. The number of fused-ring (bicyclic) bond motifs is 1. The van der Waals surface area contributed by atoms with Gasteiger partial charge in [-0.25, -0.2) is 9.48 Å². The van der Waals surface area contributed by atoms with Gasteiger partial charge in [-0.2, -0.15) is 5.10 Å². The smallest absolute Gasteiger partial charge is 0.359 e. The molecule has 0 radical (unpaired) electrons. The van der Waals surface area contributed by atoms with Crippen molar-refractivity contribution >= 4 is 45.6 Å². The molecule has 0 spiro atoms. The van der Waals surface area contributed by atoms with Crippen LogP contribution in [0, 0.1) is 10.1 Å². The maximum absolute atomic E-state index is 12.6. The van der Waals surface area contributed by atoms with Gasteiger partial charge in [0, 0.05) is 17.5 Å². The normalized spacial score (nSPS) is 10.8. The van der Waals surface area contributed by atoms with Crippen molar-refractivity contribution in [2.75, 3.05) is 11.9 Å². The Morgan fingerprint density at radius 1 is 1.23 bits per heavy atom. The molecule has 160 valence electrons. The molecule has 0 fully saturated rings. The van der Waals surface area contributed by atoms with E-state index < -0.39 is 23.4 Å². The Bertz CT molecular complexity index is 1250. The van der Waals surface area contributed by atoms with E-state index in [1.54, 1.807) is 38.1 Å². The molecule has 3 rings (SSSR count). The van der Waals surface area contributed by atoms with Gasteiger partial charge in [-0.3, -0.25) is 19.7 Å². The number of benzene rings is 2. The molecule has 0 atom stereocenters. The van der Waals surface area contributed by atoms with Gasteiger partial charge in [0.2, 0.25) is 0 Å². The first-order valence-corrected chi connectivity index (χ1v) is 9.49. The first kappa shape index (κ1) is 21.9. The highest BCUT2D eigenvalue weighted by Gasteiger charge is 2.20. The van der Waals surface area contributed by atoms with E-state index in [0.29, 0.717) is 10.8 Å². The zero-order valence-corrected chi connectivity index (χ0v) is 17.3. The van der Waals surface area contributed by atoms with Gasteiger partial charge in [-0.05, 0) is 26.0 Å². The number of nitrogens with zero attached hydrogens (tertiary/aromatic N) is 3. The van der Waals surface area contributed by atoms with Gasteiger partial charge in [0.15, 0.2) is 12.3 Å². The molecule has 11 heteroatoms. The Balaban J connectivity index is 1.80. The van der Waals surface area contributed by atoms with Crippen molar-refractivity contribution in [1.82, 2.24) is 9.78 Å². The maximum Gasteiger partial charge on any atom is 0.359 e. The second kappa shape index (κ2) is 8.92. The highest BCUT2D eigenvalue weighted by atomic mass is 35.5. The predicted octanol–water partition coefficient (Wildman–Crippen LogP) is 3.33. The van der Waals surface area contributed by atoms with Gasteiger partial charge in [-0.1, -0.05) is 29.8 Å². The van der Waals surface area contributed by atoms with E-state index in [4.69, 9.17) is 16.3 Å². The summed E-state index contributed by atoms with van der Waals surface area (Å²) in [6.45, 7) is 2.80. The number of halogens is 1. The first-order valence-electron chi connectivity index (χ1n) is 9.11. The molecule has 31 heavy (non-hydrogen) atoms. The highest BCUT2D eigenvalue weighted by Crippen LogP contribution is 2.26. The summed E-state index contributed by atoms with van der Waals surface area (Å²) in [6, 6.07) is 9.71. The van der Waals surface area contributed by atoms with Crippen LogP contribution in [-0.4, -0.2) is 33.2 Å². The minimum atomic E-state index is -0.897. The third kappa shape index (κ3) is 4.69. The number of nitrogens with one attached hydrogen (secondary N) is 1. The van der Waals surface area contributed by atoms with Crippen LogP contribution in [0.1, 0.15) is 30.4 Å². The van der Waals surface area contributed by atoms with Gasteiger partial charge < -0.3 is 10.1 Å². The molecular formula is C20H17ClN4O6. The lowest BCUT2D eigenvalue weighted by Crippen LogP contribution is -2.28. The number of esters is 1. The fourth-order valence-electron chi connectivity index (χ4n) is 2.82. The molecule has 0 aliphatic carbocycles. The molecule has 1 aromatic heterocycles. The molecule has 2 aromatic carbocycles. The number of non-ortho nitro benzene ring substituents is 1. The van der Waals surface area contributed by atoms with Crippen molar-refractivity contribution in [3.05, 3.63) is 73.6 Å². The number of rotatable bonds is 6. The molecule has 1 N–H and O–H groups in total. The minimum Gasteiger partial charge on any atom is -0.451 e. The van der Waals surface area contributed by atoms with Crippen LogP contribution in [-0.2, 0) is 9.53 Å². The van der Waals surface area contributed by atoms with Crippen LogP contribution in [0.4, 0.5) is 11.4 Å². The van der Waals surface area contributed by atoms with Crippen LogP contribution >= 0.6 is 11.6 Å². The third-order valence-corrected chi connectivity index (χ3v) is 4.61. The predicted molar refractivity (Wildman–Crippen MR) is 113 cm³/mol. The van der Waals surface area contributed by atoms with Crippen LogP contribution in [0.5, 0.6) is 0 Å². The van der Waals surface area contributed by atoms with Crippen molar-refractivity contribution in [2.24, 2.45) is 0 Å². The summed E-state index contributed by atoms with van der Waals surface area (Å²) in [5.74, 6) is -1.65. The Kier molecular flexibility index (Phi) is 6.30. The molecule has 0 bridgehead atoms. The first-order chi connectivity index (χ1) is 14.7. The van der Waals surface area contributed by atoms with E-state index in [1.807, 2.05) is 0 Å². The average Bonchev–Trinajstić information content (AvgIpc) is 2.73. The summed E-state index contributed by atoms with van der Waals surface area (Å²) in [5.41, 5.74) is -0.706. The Morgan fingerprint density at radius 2 is 1.90 bits per heavy atom. The third-order valence-electron chi connectivity index (χ3n) is 4.28. The summed E-state index contributed by atoms with van der Waals surface area (Å²) in [7, 11) is 0. The second-order valence-electron chi connectivity index (χ2n) is 6.78. The van der Waals surface area contributed by atoms with Crippen LogP contribution in [0.3, 0.4) is 0 Å². The fraction of sp³-hybridized carbons (Fsp3) is 0.200. The van der Waals surface area contributed by atoms with Gasteiger partial charge in [0.25, 0.3) is 17.2 Å². The summed E-state index contributed by atoms with van der Waals surface area (Å²) >= 11 is 5.94. The molecule has 1 heterocycles. The van der Waals surface area contributed by atoms with Gasteiger partial charge in [0.05, 0.1) is 27.1 Å². The second-order valence-corrected chi connectivity index (χ2v) is 7.19. The number of carbonyl (C=O) groups is 2. The monoisotopic (exact) mass is 444 g/mol. The number of carbonyl (C=O) groups excluding carboxylic acids is 2. The van der Waals surface area contributed by atoms with Gasteiger partial charge >= 0.3 is 5.97 Å². The van der Waals surface area contributed by atoms with Crippen molar-refractivity contribution in [2.45, 2.75) is 19.9 Å². The Hall–Kier alpha value is -3.79. The summed E-state index contributed by atoms with van der Waals surface area (Å²) in [4.78, 5) is 47.6. The van der Waals surface area contributed by atoms with Crippen molar-refractivity contribution in [3.8, 4) is 0 Å². The molecule has 3 aromatic rings. The van der Waals surface area contributed by atoms with E-state index in [0.717, 1.165) is 6.07 Å². The number of amides is 1. The lowest BCUT2D eigenvalue weighted by Gasteiger charge is -2.13. The van der Waals surface area contributed by atoms with Crippen LogP contribution in [0.15, 0.2) is 47.3 Å². The lowest BCUT2D eigenvalue weighted by molar-refractivity contribution is -0.384. The molecule has 10 nitrogen and oxygen atoms in total. The van der Waals surface area contributed by atoms with Crippen molar-refractivity contribution < 1.29 is 19.2 Å².